The Labute approximate surface area is 92.5 Å². The molecule has 2 atom stereocenters. The summed E-state index contributed by atoms with van der Waals surface area (Å²) in [6.45, 7) is 6.25. The molecule has 15 heavy (non-hydrogen) atoms. The second-order valence-corrected chi connectivity index (χ2v) is 3.74. The first-order valence-corrected chi connectivity index (χ1v) is 5.25. The third-order valence-electron chi connectivity index (χ3n) is 2.76. The first kappa shape index (κ1) is 11.7. The monoisotopic (exact) mass is 202 g/mol. The molecule has 1 heteroatoms. The van der Waals surface area contributed by atoms with E-state index < -0.39 is 0 Å². The molecule has 0 aliphatic heterocycles. The van der Waals surface area contributed by atoms with Gasteiger partial charge in [0.2, 0.25) is 0 Å². The maximum atomic E-state index is 5.13. The van der Waals surface area contributed by atoms with Crippen LogP contribution in [0.15, 0.2) is 24.3 Å². The van der Waals surface area contributed by atoms with E-state index in [4.69, 9.17) is 4.74 Å². The van der Waals surface area contributed by atoms with Crippen molar-refractivity contribution < 1.29 is 4.74 Å². The quantitative estimate of drug-likeness (QED) is 0.682. The van der Waals surface area contributed by atoms with Gasteiger partial charge in [0, 0.05) is 5.92 Å². The molecule has 0 aromatic heterocycles. The van der Waals surface area contributed by atoms with Crippen LogP contribution in [0.3, 0.4) is 0 Å². The third-order valence-corrected chi connectivity index (χ3v) is 2.76. The molecule has 0 aliphatic rings. The fourth-order valence-electron chi connectivity index (χ4n) is 1.55. The molecule has 0 radical (unpaired) electrons. The zero-order valence-corrected chi connectivity index (χ0v) is 9.87. The normalized spacial score (nSPS) is 13.6. The molecule has 0 heterocycles. The van der Waals surface area contributed by atoms with Crippen LogP contribution in [0.25, 0.3) is 0 Å². The van der Waals surface area contributed by atoms with E-state index in [1.54, 1.807) is 7.11 Å². The summed E-state index contributed by atoms with van der Waals surface area (Å²) in [4.78, 5) is 0. The Hall–Kier alpha value is -1.42. The van der Waals surface area contributed by atoms with Crippen molar-refractivity contribution in [1.29, 1.82) is 0 Å². The van der Waals surface area contributed by atoms with Crippen molar-refractivity contribution in [3.63, 3.8) is 0 Å². The Morgan fingerprint density at radius 2 is 1.73 bits per heavy atom. The first-order valence-electron chi connectivity index (χ1n) is 5.25. The van der Waals surface area contributed by atoms with Gasteiger partial charge in [0.1, 0.15) is 5.75 Å². The van der Waals surface area contributed by atoms with Gasteiger partial charge < -0.3 is 4.74 Å². The Balaban J connectivity index is 2.80. The lowest BCUT2D eigenvalue weighted by molar-refractivity contribution is 0.414. The van der Waals surface area contributed by atoms with E-state index in [1.165, 1.54) is 5.56 Å². The van der Waals surface area contributed by atoms with Crippen molar-refractivity contribution in [2.75, 3.05) is 7.11 Å². The summed E-state index contributed by atoms with van der Waals surface area (Å²) in [5, 5.41) is 0. The molecule has 1 aromatic rings. The third kappa shape index (κ3) is 3.02. The SMILES string of the molecule is CC#CC(C)C(C)c1ccc(OC)cc1. The fraction of sp³-hybridized carbons (Fsp3) is 0.429. The molecule has 0 saturated heterocycles. The minimum absolute atomic E-state index is 0.392. The topological polar surface area (TPSA) is 9.23 Å². The maximum absolute atomic E-state index is 5.13. The van der Waals surface area contributed by atoms with Crippen LogP contribution < -0.4 is 4.74 Å². The smallest absolute Gasteiger partial charge is 0.118 e. The van der Waals surface area contributed by atoms with Gasteiger partial charge in [-0.1, -0.05) is 31.9 Å². The second kappa shape index (κ2) is 5.46. The fourth-order valence-corrected chi connectivity index (χ4v) is 1.55. The summed E-state index contributed by atoms with van der Waals surface area (Å²) < 4.78 is 5.13. The molecule has 0 bridgehead atoms. The molecule has 0 amide bonds. The van der Waals surface area contributed by atoms with Crippen molar-refractivity contribution in [3.8, 4) is 17.6 Å². The lowest BCUT2D eigenvalue weighted by atomic mass is 9.89. The zero-order chi connectivity index (χ0) is 11.3. The van der Waals surface area contributed by atoms with E-state index in [-0.39, 0.29) is 0 Å². The molecule has 80 valence electrons. The lowest BCUT2D eigenvalue weighted by Crippen LogP contribution is -2.03. The van der Waals surface area contributed by atoms with E-state index in [1.807, 2.05) is 19.1 Å². The molecule has 1 nitrogen and oxygen atoms in total. The number of ether oxygens (including phenoxy) is 1. The van der Waals surface area contributed by atoms with E-state index >= 15 is 0 Å². The van der Waals surface area contributed by atoms with Crippen LogP contribution in [0.1, 0.15) is 32.3 Å². The van der Waals surface area contributed by atoms with Crippen LogP contribution in [-0.4, -0.2) is 7.11 Å². The molecular formula is C14H18O. The Kier molecular flexibility index (Phi) is 4.24. The highest BCUT2D eigenvalue weighted by Gasteiger charge is 2.11. The van der Waals surface area contributed by atoms with Gasteiger partial charge in [-0.2, -0.15) is 0 Å². The molecule has 2 unspecified atom stereocenters. The molecule has 0 aliphatic carbocycles. The number of methoxy groups -OCH3 is 1. The zero-order valence-electron chi connectivity index (χ0n) is 9.87. The van der Waals surface area contributed by atoms with Gasteiger partial charge in [0.15, 0.2) is 0 Å². The van der Waals surface area contributed by atoms with Gasteiger partial charge in [-0.3, -0.25) is 0 Å². The predicted molar refractivity (Wildman–Crippen MR) is 64.0 cm³/mol. The molecule has 0 spiro atoms. The summed E-state index contributed by atoms with van der Waals surface area (Å²) in [6, 6.07) is 8.21. The molecule has 1 aromatic carbocycles. The highest BCUT2D eigenvalue weighted by molar-refractivity contribution is 5.30. The molecule has 0 N–H and O–H groups in total. The van der Waals surface area contributed by atoms with Crippen molar-refractivity contribution in [3.05, 3.63) is 29.8 Å². The van der Waals surface area contributed by atoms with Gasteiger partial charge in [-0.05, 0) is 30.5 Å². The van der Waals surface area contributed by atoms with Gasteiger partial charge in [-0.25, -0.2) is 0 Å². The minimum atomic E-state index is 0.392. The predicted octanol–water partition coefficient (Wildman–Crippen LogP) is 3.46. The molecule has 1 rings (SSSR count). The van der Waals surface area contributed by atoms with Crippen molar-refractivity contribution in [2.24, 2.45) is 5.92 Å². The summed E-state index contributed by atoms with van der Waals surface area (Å²) in [6.07, 6.45) is 0. The van der Waals surface area contributed by atoms with Crippen molar-refractivity contribution >= 4 is 0 Å². The van der Waals surface area contributed by atoms with E-state index in [9.17, 15) is 0 Å². The van der Waals surface area contributed by atoms with Gasteiger partial charge >= 0.3 is 0 Å². The number of hydrogen-bond acceptors (Lipinski definition) is 1. The van der Waals surface area contributed by atoms with Crippen LogP contribution in [0.5, 0.6) is 5.75 Å². The summed E-state index contributed by atoms with van der Waals surface area (Å²) in [5.74, 6) is 7.91. The Morgan fingerprint density at radius 3 is 2.20 bits per heavy atom. The molecule has 0 fully saturated rings. The summed E-state index contributed by atoms with van der Waals surface area (Å²) in [7, 11) is 1.68. The largest absolute Gasteiger partial charge is 0.497 e. The highest BCUT2D eigenvalue weighted by atomic mass is 16.5. The molecule has 0 saturated carbocycles. The maximum Gasteiger partial charge on any atom is 0.118 e. The molecular weight excluding hydrogens is 184 g/mol. The number of hydrogen-bond donors (Lipinski definition) is 0. The van der Waals surface area contributed by atoms with Crippen LogP contribution >= 0.6 is 0 Å². The summed E-state index contributed by atoms with van der Waals surface area (Å²) in [5.41, 5.74) is 1.31. The summed E-state index contributed by atoms with van der Waals surface area (Å²) >= 11 is 0. The van der Waals surface area contributed by atoms with Crippen molar-refractivity contribution in [2.45, 2.75) is 26.7 Å². The van der Waals surface area contributed by atoms with Crippen LogP contribution in [0.4, 0.5) is 0 Å². The number of benzene rings is 1. The van der Waals surface area contributed by atoms with Crippen LogP contribution in [0, 0.1) is 17.8 Å². The van der Waals surface area contributed by atoms with Gasteiger partial charge in [0.25, 0.3) is 0 Å². The average molecular weight is 202 g/mol. The Morgan fingerprint density at radius 1 is 1.13 bits per heavy atom. The van der Waals surface area contributed by atoms with E-state index in [0.717, 1.165) is 5.75 Å². The minimum Gasteiger partial charge on any atom is -0.497 e. The highest BCUT2D eigenvalue weighted by Crippen LogP contribution is 2.25. The lowest BCUT2D eigenvalue weighted by Gasteiger charge is -2.15. The van der Waals surface area contributed by atoms with Gasteiger partial charge in [0.05, 0.1) is 7.11 Å². The van der Waals surface area contributed by atoms with Gasteiger partial charge in [-0.15, -0.1) is 5.92 Å². The second-order valence-electron chi connectivity index (χ2n) is 3.74. The van der Waals surface area contributed by atoms with Crippen LogP contribution in [-0.2, 0) is 0 Å². The van der Waals surface area contributed by atoms with Crippen LogP contribution in [0.2, 0.25) is 0 Å². The first-order chi connectivity index (χ1) is 7.19. The standard InChI is InChI=1S/C14H18O/c1-5-6-11(2)12(3)13-7-9-14(15-4)10-8-13/h7-12H,1-4H3. The van der Waals surface area contributed by atoms with Crippen molar-refractivity contribution in [1.82, 2.24) is 0 Å². The number of rotatable bonds is 3. The van der Waals surface area contributed by atoms with E-state index in [0.29, 0.717) is 11.8 Å². The Bertz CT molecular complexity index is 353. The van der Waals surface area contributed by atoms with E-state index in [2.05, 4.69) is 37.8 Å². The average Bonchev–Trinajstić information content (AvgIpc) is 2.28.